The Morgan fingerprint density at radius 1 is 1.09 bits per heavy atom. The minimum atomic E-state index is -5.14. The van der Waals surface area contributed by atoms with E-state index in [0.717, 1.165) is 17.7 Å². The Morgan fingerprint density at radius 2 is 1.84 bits per heavy atom. The number of hydrogen-bond donors (Lipinski definition) is 3. The summed E-state index contributed by atoms with van der Waals surface area (Å²) in [6.07, 6.45) is -1.43. The molecule has 2 heterocycles. The van der Waals surface area contributed by atoms with Crippen molar-refractivity contribution in [3.8, 4) is 28.7 Å². The molecule has 9 nitrogen and oxygen atoms in total. The third kappa shape index (κ3) is 7.65. The molecule has 1 aliphatic heterocycles. The molecule has 4 aromatic rings. The second-order valence-electron chi connectivity index (χ2n) is 10.1. The molecule has 44 heavy (non-hydrogen) atoms. The fourth-order valence-corrected chi connectivity index (χ4v) is 5.95. The first kappa shape index (κ1) is 30.8. The number of halogens is 3. The number of ether oxygens (including phenoxy) is 2. The van der Waals surface area contributed by atoms with E-state index in [1.807, 2.05) is 6.07 Å². The fraction of sp³-hybridized carbons (Fsp3) is 0.226. The maximum absolute atomic E-state index is 13.3. The van der Waals surface area contributed by atoms with Gasteiger partial charge in [-0.2, -0.15) is 5.26 Å². The molecule has 0 fully saturated rings. The summed E-state index contributed by atoms with van der Waals surface area (Å²) in [5.74, 6) is -0.248. The first-order chi connectivity index (χ1) is 21.0. The smallest absolute Gasteiger partial charge is 0.489 e. The standard InChI is InChI=1S/C31H27F3N4O5S/c32-31(33,34)43-29-15-22(7-12-30(29)44(40,41)38-25-8-3-20(16-35)4-9-25)21-6-11-28-23(14-21)5-10-26(42-28)18-37-19-27(39)24-2-1-13-36-17-24/h1-4,6-9,11-15,17,26-27,37-39H,5,10,18-19H2. The third-order valence-electron chi connectivity index (χ3n) is 6.93. The van der Waals surface area contributed by atoms with E-state index < -0.39 is 33.1 Å². The van der Waals surface area contributed by atoms with Gasteiger partial charge in [-0.05, 0) is 84.1 Å². The first-order valence-corrected chi connectivity index (χ1v) is 15.0. The number of nitrogens with zero attached hydrogens (tertiary/aromatic N) is 2. The van der Waals surface area contributed by atoms with E-state index in [2.05, 4.69) is 19.8 Å². The van der Waals surface area contributed by atoms with Gasteiger partial charge < -0.3 is 19.9 Å². The number of alkyl halides is 3. The van der Waals surface area contributed by atoms with E-state index in [4.69, 9.17) is 10.00 Å². The van der Waals surface area contributed by atoms with Gasteiger partial charge in [0.2, 0.25) is 0 Å². The quantitative estimate of drug-likeness (QED) is 0.216. The minimum absolute atomic E-state index is 0.0684. The van der Waals surface area contributed by atoms with Gasteiger partial charge in [-0.3, -0.25) is 9.71 Å². The maximum atomic E-state index is 13.3. The summed E-state index contributed by atoms with van der Waals surface area (Å²) in [6, 6.07) is 19.6. The summed E-state index contributed by atoms with van der Waals surface area (Å²) in [5.41, 5.74) is 2.79. The molecule has 13 heteroatoms. The van der Waals surface area contributed by atoms with Gasteiger partial charge >= 0.3 is 6.36 Å². The fourth-order valence-electron chi connectivity index (χ4n) is 4.78. The Labute approximate surface area is 252 Å². The van der Waals surface area contributed by atoms with Crippen LogP contribution in [0.25, 0.3) is 11.1 Å². The summed E-state index contributed by atoms with van der Waals surface area (Å²) < 4.78 is 78.6. The largest absolute Gasteiger partial charge is 0.573 e. The number of sulfonamides is 1. The predicted octanol–water partition coefficient (Wildman–Crippen LogP) is 5.34. The van der Waals surface area contributed by atoms with Gasteiger partial charge in [-0.15, -0.1) is 13.2 Å². The number of nitriles is 1. The molecule has 1 aromatic heterocycles. The Balaban J connectivity index is 1.30. The van der Waals surface area contributed by atoms with Crippen molar-refractivity contribution in [2.75, 3.05) is 17.8 Å². The highest BCUT2D eigenvalue weighted by Gasteiger charge is 2.34. The zero-order chi connectivity index (χ0) is 31.3. The van der Waals surface area contributed by atoms with Crippen LogP contribution in [0.5, 0.6) is 11.5 Å². The SMILES string of the molecule is N#Cc1ccc(NS(=O)(=O)c2ccc(-c3ccc4c(c3)CCC(CNCC(O)c3cccnc3)O4)cc2OC(F)(F)F)cc1. The number of nitrogens with one attached hydrogen (secondary N) is 2. The number of pyridine rings is 1. The van der Waals surface area contributed by atoms with Gasteiger partial charge in [0.1, 0.15) is 16.7 Å². The zero-order valence-corrected chi connectivity index (χ0v) is 23.9. The number of hydrogen-bond acceptors (Lipinski definition) is 8. The van der Waals surface area contributed by atoms with Crippen molar-refractivity contribution >= 4 is 15.7 Å². The number of aryl methyl sites for hydroxylation is 1. The van der Waals surface area contributed by atoms with Crippen molar-refractivity contribution in [3.63, 3.8) is 0 Å². The molecule has 2 unspecified atom stereocenters. The molecule has 1 aliphatic rings. The van der Waals surface area contributed by atoms with Crippen molar-refractivity contribution in [2.45, 2.75) is 36.3 Å². The molecular weight excluding hydrogens is 597 g/mol. The molecule has 3 N–H and O–H groups in total. The van der Waals surface area contributed by atoms with E-state index in [-0.39, 0.29) is 17.4 Å². The molecule has 2 atom stereocenters. The van der Waals surface area contributed by atoms with Crippen LogP contribution in [0.4, 0.5) is 18.9 Å². The van der Waals surface area contributed by atoms with Crippen molar-refractivity contribution in [2.24, 2.45) is 0 Å². The molecule has 228 valence electrons. The first-order valence-electron chi connectivity index (χ1n) is 13.5. The Hall–Kier alpha value is -4.64. The number of aromatic nitrogens is 1. The number of aliphatic hydroxyl groups is 1. The Morgan fingerprint density at radius 3 is 2.55 bits per heavy atom. The van der Waals surface area contributed by atoms with Crippen LogP contribution >= 0.6 is 0 Å². The predicted molar refractivity (Wildman–Crippen MR) is 155 cm³/mol. The summed E-state index contributed by atoms with van der Waals surface area (Å²) >= 11 is 0. The lowest BCUT2D eigenvalue weighted by Crippen LogP contribution is -2.36. The van der Waals surface area contributed by atoms with Crippen LogP contribution < -0.4 is 19.5 Å². The average molecular weight is 625 g/mol. The van der Waals surface area contributed by atoms with Crippen LogP contribution in [0, 0.1) is 11.3 Å². The molecule has 5 rings (SSSR count). The third-order valence-corrected chi connectivity index (χ3v) is 8.35. The van der Waals surface area contributed by atoms with E-state index >= 15 is 0 Å². The van der Waals surface area contributed by atoms with Crippen LogP contribution in [0.3, 0.4) is 0 Å². The second-order valence-corrected chi connectivity index (χ2v) is 11.7. The van der Waals surface area contributed by atoms with Crippen LogP contribution in [0.2, 0.25) is 0 Å². The summed E-state index contributed by atoms with van der Waals surface area (Å²) in [7, 11) is -4.49. The second kappa shape index (κ2) is 12.9. The monoisotopic (exact) mass is 624 g/mol. The topological polar surface area (TPSA) is 134 Å². The zero-order valence-electron chi connectivity index (χ0n) is 23.1. The highest BCUT2D eigenvalue weighted by Crippen LogP contribution is 2.37. The highest BCUT2D eigenvalue weighted by atomic mass is 32.2. The van der Waals surface area contributed by atoms with Gasteiger partial charge in [-0.1, -0.05) is 18.2 Å². The van der Waals surface area contributed by atoms with Gasteiger partial charge in [0, 0.05) is 36.7 Å². The van der Waals surface area contributed by atoms with Gasteiger partial charge in [-0.25, -0.2) is 8.42 Å². The lowest BCUT2D eigenvalue weighted by Gasteiger charge is -2.27. The molecule has 3 aromatic carbocycles. The van der Waals surface area contributed by atoms with E-state index in [0.29, 0.717) is 48.4 Å². The molecular formula is C31H27F3N4O5S. The Bertz CT molecular complexity index is 1760. The summed E-state index contributed by atoms with van der Waals surface area (Å²) in [5, 5.41) is 22.5. The number of benzene rings is 3. The summed E-state index contributed by atoms with van der Waals surface area (Å²) in [4.78, 5) is 3.31. The molecule has 0 bridgehead atoms. The molecule has 0 aliphatic carbocycles. The minimum Gasteiger partial charge on any atom is -0.489 e. The van der Waals surface area contributed by atoms with Gasteiger partial charge in [0.25, 0.3) is 10.0 Å². The van der Waals surface area contributed by atoms with Crippen LogP contribution in [-0.4, -0.2) is 44.1 Å². The van der Waals surface area contributed by atoms with Crippen molar-refractivity contribution in [1.82, 2.24) is 10.3 Å². The van der Waals surface area contributed by atoms with E-state index in [9.17, 15) is 26.7 Å². The van der Waals surface area contributed by atoms with Crippen LogP contribution in [0.1, 0.15) is 29.2 Å². The van der Waals surface area contributed by atoms with Crippen LogP contribution in [-0.2, 0) is 16.4 Å². The summed E-state index contributed by atoms with van der Waals surface area (Å²) in [6.45, 7) is 0.831. The number of rotatable bonds is 10. The number of fused-ring (bicyclic) bond motifs is 1. The lowest BCUT2D eigenvalue weighted by molar-refractivity contribution is -0.275. The lowest BCUT2D eigenvalue weighted by atomic mass is 9.97. The number of anilines is 1. The molecule has 0 radical (unpaired) electrons. The van der Waals surface area contributed by atoms with Crippen molar-refractivity contribution in [3.05, 3.63) is 102 Å². The Kier molecular flexibility index (Phi) is 9.05. The highest BCUT2D eigenvalue weighted by molar-refractivity contribution is 7.92. The number of aliphatic hydroxyl groups excluding tert-OH is 1. The van der Waals surface area contributed by atoms with Gasteiger partial charge in [0.05, 0.1) is 17.7 Å². The molecule has 0 amide bonds. The molecule has 0 saturated heterocycles. The van der Waals surface area contributed by atoms with Crippen molar-refractivity contribution in [1.29, 1.82) is 5.26 Å². The van der Waals surface area contributed by atoms with E-state index in [1.54, 1.807) is 42.7 Å². The normalized spacial score (nSPS) is 15.4. The molecule has 0 saturated carbocycles. The maximum Gasteiger partial charge on any atom is 0.573 e. The van der Waals surface area contributed by atoms with E-state index in [1.165, 1.54) is 30.3 Å². The van der Waals surface area contributed by atoms with Gasteiger partial charge in [0.15, 0.2) is 5.75 Å². The average Bonchev–Trinajstić information content (AvgIpc) is 3.00. The van der Waals surface area contributed by atoms with Crippen molar-refractivity contribution < 1.29 is 36.2 Å². The molecule has 0 spiro atoms. The van der Waals surface area contributed by atoms with Crippen LogP contribution in [0.15, 0.2) is 90.1 Å².